The van der Waals surface area contributed by atoms with Crippen LogP contribution < -0.4 is 4.90 Å². The SMILES string of the molecule is CCCC1CCCN1c1ccccc1F. The molecule has 1 unspecified atom stereocenters. The molecule has 0 amide bonds. The Kier molecular flexibility index (Phi) is 3.24. The van der Waals surface area contributed by atoms with Crippen molar-refractivity contribution in [1.29, 1.82) is 0 Å². The maximum absolute atomic E-state index is 13.6. The fourth-order valence-electron chi connectivity index (χ4n) is 2.47. The van der Waals surface area contributed by atoms with Crippen molar-refractivity contribution in [3.05, 3.63) is 30.1 Å². The summed E-state index contributed by atoms with van der Waals surface area (Å²) in [5, 5.41) is 0. The van der Waals surface area contributed by atoms with E-state index in [2.05, 4.69) is 11.8 Å². The smallest absolute Gasteiger partial charge is 0.146 e. The van der Waals surface area contributed by atoms with Gasteiger partial charge in [0.25, 0.3) is 0 Å². The quantitative estimate of drug-likeness (QED) is 0.732. The van der Waals surface area contributed by atoms with Crippen LogP contribution >= 0.6 is 0 Å². The lowest BCUT2D eigenvalue weighted by molar-refractivity contribution is 0.576. The van der Waals surface area contributed by atoms with Crippen LogP contribution in [0.5, 0.6) is 0 Å². The molecule has 1 nitrogen and oxygen atoms in total. The maximum Gasteiger partial charge on any atom is 0.146 e. The van der Waals surface area contributed by atoms with Crippen molar-refractivity contribution in [1.82, 2.24) is 0 Å². The topological polar surface area (TPSA) is 3.24 Å². The van der Waals surface area contributed by atoms with Crippen molar-refractivity contribution < 1.29 is 4.39 Å². The van der Waals surface area contributed by atoms with Crippen molar-refractivity contribution in [3.63, 3.8) is 0 Å². The van der Waals surface area contributed by atoms with E-state index in [-0.39, 0.29) is 5.82 Å². The molecule has 1 aliphatic rings. The number of nitrogens with zero attached hydrogens (tertiary/aromatic N) is 1. The Bertz CT molecular complexity index is 324. The summed E-state index contributed by atoms with van der Waals surface area (Å²) >= 11 is 0. The van der Waals surface area contributed by atoms with E-state index in [4.69, 9.17) is 0 Å². The number of rotatable bonds is 3. The third kappa shape index (κ3) is 2.14. The molecule has 0 radical (unpaired) electrons. The Morgan fingerprint density at radius 3 is 2.93 bits per heavy atom. The molecular formula is C13H18FN. The Morgan fingerprint density at radius 2 is 2.20 bits per heavy atom. The maximum atomic E-state index is 13.6. The fraction of sp³-hybridized carbons (Fsp3) is 0.538. The first-order valence-corrected chi connectivity index (χ1v) is 5.84. The van der Waals surface area contributed by atoms with Gasteiger partial charge >= 0.3 is 0 Å². The summed E-state index contributed by atoms with van der Waals surface area (Å²) in [5.74, 6) is -0.0829. The van der Waals surface area contributed by atoms with Gasteiger partial charge in [-0.2, -0.15) is 0 Å². The van der Waals surface area contributed by atoms with E-state index in [1.54, 1.807) is 12.1 Å². The molecule has 1 saturated heterocycles. The van der Waals surface area contributed by atoms with Crippen molar-refractivity contribution in [2.24, 2.45) is 0 Å². The number of anilines is 1. The third-order valence-corrected chi connectivity index (χ3v) is 3.16. The van der Waals surface area contributed by atoms with Crippen LogP contribution in [-0.4, -0.2) is 12.6 Å². The van der Waals surface area contributed by atoms with Crippen LogP contribution in [0.3, 0.4) is 0 Å². The van der Waals surface area contributed by atoms with Gasteiger partial charge in [-0.05, 0) is 31.4 Å². The van der Waals surface area contributed by atoms with E-state index in [0.717, 1.165) is 12.2 Å². The zero-order valence-corrected chi connectivity index (χ0v) is 9.25. The van der Waals surface area contributed by atoms with Gasteiger partial charge in [0.05, 0.1) is 5.69 Å². The number of para-hydroxylation sites is 1. The Labute approximate surface area is 90.9 Å². The number of hydrogen-bond donors (Lipinski definition) is 0. The van der Waals surface area contributed by atoms with Crippen LogP contribution in [0.25, 0.3) is 0 Å². The summed E-state index contributed by atoms with van der Waals surface area (Å²) in [6.07, 6.45) is 4.76. The van der Waals surface area contributed by atoms with E-state index < -0.39 is 0 Å². The van der Waals surface area contributed by atoms with E-state index in [1.165, 1.54) is 25.7 Å². The zero-order valence-electron chi connectivity index (χ0n) is 9.25. The molecule has 2 heteroatoms. The van der Waals surface area contributed by atoms with Gasteiger partial charge in [-0.3, -0.25) is 0 Å². The van der Waals surface area contributed by atoms with Crippen LogP contribution in [0.2, 0.25) is 0 Å². The Balaban J connectivity index is 2.19. The standard InChI is InChI=1S/C13H18FN/c1-2-6-11-7-5-10-15(11)13-9-4-3-8-12(13)14/h3-4,8-9,11H,2,5-7,10H2,1H3. The predicted octanol–water partition coefficient (Wildman–Crippen LogP) is 3.59. The van der Waals surface area contributed by atoms with E-state index in [9.17, 15) is 4.39 Å². The Hall–Kier alpha value is -1.05. The van der Waals surface area contributed by atoms with Gasteiger partial charge in [-0.25, -0.2) is 4.39 Å². The van der Waals surface area contributed by atoms with Gasteiger partial charge in [-0.15, -0.1) is 0 Å². The molecule has 1 aromatic rings. The second-order valence-electron chi connectivity index (χ2n) is 4.23. The molecule has 0 saturated carbocycles. The fourth-order valence-corrected chi connectivity index (χ4v) is 2.47. The largest absolute Gasteiger partial charge is 0.366 e. The van der Waals surface area contributed by atoms with Crippen LogP contribution in [0.1, 0.15) is 32.6 Å². The van der Waals surface area contributed by atoms with Gasteiger partial charge in [-0.1, -0.05) is 25.5 Å². The minimum atomic E-state index is -0.0829. The lowest BCUT2D eigenvalue weighted by atomic mass is 10.1. The molecule has 1 heterocycles. The van der Waals surface area contributed by atoms with Crippen molar-refractivity contribution in [3.8, 4) is 0 Å². The van der Waals surface area contributed by atoms with Crippen LogP contribution in [0.4, 0.5) is 10.1 Å². The number of halogens is 1. The second kappa shape index (κ2) is 4.65. The monoisotopic (exact) mass is 207 g/mol. The van der Waals surface area contributed by atoms with Crippen LogP contribution in [0.15, 0.2) is 24.3 Å². The molecule has 1 atom stereocenters. The van der Waals surface area contributed by atoms with Gasteiger partial charge < -0.3 is 4.90 Å². The molecule has 1 aromatic carbocycles. The molecule has 0 aliphatic carbocycles. The van der Waals surface area contributed by atoms with Crippen LogP contribution in [0, 0.1) is 5.82 Å². The predicted molar refractivity (Wildman–Crippen MR) is 61.7 cm³/mol. The summed E-state index contributed by atoms with van der Waals surface area (Å²) in [6.45, 7) is 3.20. The highest BCUT2D eigenvalue weighted by molar-refractivity contribution is 5.49. The lowest BCUT2D eigenvalue weighted by Crippen LogP contribution is -2.29. The summed E-state index contributed by atoms with van der Waals surface area (Å²) in [5.41, 5.74) is 0.786. The van der Waals surface area contributed by atoms with Gasteiger partial charge in [0.15, 0.2) is 0 Å². The lowest BCUT2D eigenvalue weighted by Gasteiger charge is -2.26. The van der Waals surface area contributed by atoms with E-state index in [0.29, 0.717) is 6.04 Å². The molecule has 0 N–H and O–H groups in total. The minimum absolute atomic E-state index is 0.0829. The highest BCUT2D eigenvalue weighted by atomic mass is 19.1. The minimum Gasteiger partial charge on any atom is -0.366 e. The summed E-state index contributed by atoms with van der Waals surface area (Å²) in [6, 6.07) is 7.66. The van der Waals surface area contributed by atoms with E-state index >= 15 is 0 Å². The molecule has 15 heavy (non-hydrogen) atoms. The number of benzene rings is 1. The van der Waals surface area contributed by atoms with Gasteiger partial charge in [0, 0.05) is 12.6 Å². The highest BCUT2D eigenvalue weighted by Gasteiger charge is 2.25. The van der Waals surface area contributed by atoms with Crippen LogP contribution in [-0.2, 0) is 0 Å². The van der Waals surface area contributed by atoms with Gasteiger partial charge in [0.1, 0.15) is 5.82 Å². The highest BCUT2D eigenvalue weighted by Crippen LogP contribution is 2.29. The first kappa shape index (κ1) is 10.5. The normalized spacial score (nSPS) is 20.9. The average Bonchev–Trinajstić information content (AvgIpc) is 2.67. The van der Waals surface area contributed by atoms with Gasteiger partial charge in [0.2, 0.25) is 0 Å². The first-order valence-electron chi connectivity index (χ1n) is 5.84. The Morgan fingerprint density at radius 1 is 1.40 bits per heavy atom. The summed E-state index contributed by atoms with van der Waals surface area (Å²) in [4.78, 5) is 2.23. The van der Waals surface area contributed by atoms with E-state index in [1.807, 2.05) is 12.1 Å². The molecule has 1 aliphatic heterocycles. The van der Waals surface area contributed by atoms with Crippen molar-refractivity contribution in [2.75, 3.05) is 11.4 Å². The summed E-state index contributed by atoms with van der Waals surface area (Å²) in [7, 11) is 0. The molecule has 1 fully saturated rings. The number of hydrogen-bond acceptors (Lipinski definition) is 1. The molecule has 2 rings (SSSR count). The summed E-state index contributed by atoms with van der Waals surface area (Å²) < 4.78 is 13.6. The molecule has 0 aromatic heterocycles. The second-order valence-corrected chi connectivity index (χ2v) is 4.23. The van der Waals surface area contributed by atoms with Crippen molar-refractivity contribution in [2.45, 2.75) is 38.6 Å². The molecular weight excluding hydrogens is 189 g/mol. The molecule has 0 bridgehead atoms. The zero-order chi connectivity index (χ0) is 10.7. The van der Waals surface area contributed by atoms with Crippen molar-refractivity contribution >= 4 is 5.69 Å². The molecule has 0 spiro atoms. The third-order valence-electron chi connectivity index (χ3n) is 3.16. The average molecular weight is 207 g/mol. The molecule has 82 valence electrons. The first-order chi connectivity index (χ1) is 7.33.